The number of benzene rings is 1. The summed E-state index contributed by atoms with van der Waals surface area (Å²) >= 11 is 13.4. The van der Waals surface area contributed by atoms with E-state index in [0.717, 1.165) is 16.3 Å². The molecule has 0 aliphatic carbocycles. The molecule has 0 saturated carbocycles. The maximum atomic E-state index is 12.1. The lowest BCUT2D eigenvalue weighted by atomic mass is 10.2. The van der Waals surface area contributed by atoms with Gasteiger partial charge in [0.1, 0.15) is 0 Å². The summed E-state index contributed by atoms with van der Waals surface area (Å²) in [7, 11) is 0. The molecule has 24 heavy (non-hydrogen) atoms. The van der Waals surface area contributed by atoms with Crippen LogP contribution in [0.2, 0.25) is 10.0 Å². The molecule has 122 valence electrons. The number of rotatable bonds is 5. The molecule has 0 bridgehead atoms. The molecule has 0 saturated heterocycles. The van der Waals surface area contributed by atoms with Crippen LogP contribution in [-0.2, 0) is 11.2 Å². The van der Waals surface area contributed by atoms with Crippen molar-refractivity contribution in [2.45, 2.75) is 12.8 Å². The van der Waals surface area contributed by atoms with E-state index in [0.29, 0.717) is 28.6 Å². The number of carbonyl (C=O) groups excluding carboxylic acids is 1. The Morgan fingerprint density at radius 1 is 1.21 bits per heavy atom. The molecule has 3 rings (SSSR count). The van der Waals surface area contributed by atoms with Gasteiger partial charge in [-0.1, -0.05) is 23.2 Å². The van der Waals surface area contributed by atoms with Gasteiger partial charge in [-0.05, 0) is 30.3 Å². The zero-order valence-corrected chi connectivity index (χ0v) is 14.8. The van der Waals surface area contributed by atoms with Crippen LogP contribution in [0.3, 0.4) is 0 Å². The van der Waals surface area contributed by atoms with Crippen LogP contribution in [-0.4, -0.2) is 15.9 Å². The van der Waals surface area contributed by atoms with Crippen molar-refractivity contribution < 1.29 is 4.79 Å². The molecule has 0 radical (unpaired) electrons. The maximum Gasteiger partial charge on any atom is 0.224 e. The number of nitrogens with zero attached hydrogens (tertiary/aromatic N) is 2. The SMILES string of the molecule is O=C(CCc1nc(-c2cccnc2)cs1)Nc1cc(Cl)cc(Cl)c1. The van der Waals surface area contributed by atoms with E-state index < -0.39 is 0 Å². The Hall–Kier alpha value is -1.95. The Balaban J connectivity index is 1.58. The number of amides is 1. The van der Waals surface area contributed by atoms with Crippen molar-refractivity contribution in [3.05, 3.63) is 63.2 Å². The largest absolute Gasteiger partial charge is 0.326 e. The molecule has 0 fully saturated rings. The molecule has 3 aromatic rings. The summed E-state index contributed by atoms with van der Waals surface area (Å²) in [6.07, 6.45) is 4.41. The van der Waals surface area contributed by atoms with Crippen molar-refractivity contribution in [2.75, 3.05) is 5.32 Å². The van der Waals surface area contributed by atoms with E-state index in [9.17, 15) is 4.79 Å². The highest BCUT2D eigenvalue weighted by Gasteiger charge is 2.08. The first-order chi connectivity index (χ1) is 11.6. The van der Waals surface area contributed by atoms with E-state index >= 15 is 0 Å². The van der Waals surface area contributed by atoms with Gasteiger partial charge in [-0.3, -0.25) is 9.78 Å². The van der Waals surface area contributed by atoms with Gasteiger partial charge < -0.3 is 5.32 Å². The summed E-state index contributed by atoms with van der Waals surface area (Å²) in [4.78, 5) is 20.7. The minimum Gasteiger partial charge on any atom is -0.326 e. The third-order valence-corrected chi connectivity index (χ3v) is 4.57. The highest BCUT2D eigenvalue weighted by atomic mass is 35.5. The second-order valence-corrected chi connectivity index (χ2v) is 6.89. The number of carbonyl (C=O) groups is 1. The van der Waals surface area contributed by atoms with Crippen LogP contribution in [0.15, 0.2) is 48.1 Å². The van der Waals surface area contributed by atoms with Crippen LogP contribution < -0.4 is 5.32 Å². The normalized spacial score (nSPS) is 10.6. The standard InChI is InChI=1S/C17H13Cl2N3OS/c18-12-6-13(19)8-14(7-12)21-16(23)3-4-17-22-15(10-24-17)11-2-1-5-20-9-11/h1-2,5-10H,3-4H2,(H,21,23). The van der Waals surface area contributed by atoms with Gasteiger partial charge >= 0.3 is 0 Å². The first-order valence-corrected chi connectivity index (χ1v) is 8.84. The Labute approximate surface area is 153 Å². The van der Waals surface area contributed by atoms with Gasteiger partial charge in [0.05, 0.1) is 10.7 Å². The van der Waals surface area contributed by atoms with Crippen molar-refractivity contribution in [3.8, 4) is 11.3 Å². The number of anilines is 1. The average Bonchev–Trinajstić information content (AvgIpc) is 3.02. The van der Waals surface area contributed by atoms with Crippen LogP contribution in [0.5, 0.6) is 0 Å². The van der Waals surface area contributed by atoms with E-state index in [1.54, 1.807) is 30.6 Å². The van der Waals surface area contributed by atoms with E-state index in [4.69, 9.17) is 23.2 Å². The van der Waals surface area contributed by atoms with Crippen LogP contribution in [0.1, 0.15) is 11.4 Å². The average molecular weight is 378 g/mol. The van der Waals surface area contributed by atoms with Crippen LogP contribution in [0.4, 0.5) is 5.69 Å². The zero-order valence-electron chi connectivity index (χ0n) is 12.5. The highest BCUT2D eigenvalue weighted by Crippen LogP contribution is 2.24. The molecule has 0 aliphatic rings. The van der Waals surface area contributed by atoms with Gasteiger partial charge in [0.2, 0.25) is 5.91 Å². The van der Waals surface area contributed by atoms with Gasteiger partial charge in [0.25, 0.3) is 0 Å². The second kappa shape index (κ2) is 7.75. The minimum atomic E-state index is -0.105. The van der Waals surface area contributed by atoms with Crippen molar-refractivity contribution >= 4 is 46.1 Å². The van der Waals surface area contributed by atoms with Gasteiger partial charge in [-0.15, -0.1) is 11.3 Å². The number of pyridine rings is 1. The lowest BCUT2D eigenvalue weighted by molar-refractivity contribution is -0.116. The van der Waals surface area contributed by atoms with E-state index in [1.165, 1.54) is 11.3 Å². The Kier molecular flexibility index (Phi) is 5.45. The van der Waals surface area contributed by atoms with Gasteiger partial charge in [0, 0.05) is 51.9 Å². The van der Waals surface area contributed by atoms with Gasteiger partial charge in [-0.2, -0.15) is 0 Å². The van der Waals surface area contributed by atoms with Gasteiger partial charge in [-0.25, -0.2) is 4.98 Å². The summed E-state index contributed by atoms with van der Waals surface area (Å²) in [6.45, 7) is 0. The number of hydrogen-bond acceptors (Lipinski definition) is 4. The Morgan fingerprint density at radius 3 is 2.71 bits per heavy atom. The third-order valence-electron chi connectivity index (χ3n) is 3.22. The predicted octanol–water partition coefficient (Wildman–Crippen LogP) is 5.08. The summed E-state index contributed by atoms with van der Waals surface area (Å²) in [5.41, 5.74) is 2.44. The number of aryl methyl sites for hydroxylation is 1. The molecule has 1 amide bonds. The zero-order chi connectivity index (χ0) is 16.9. The molecule has 2 aromatic heterocycles. The van der Waals surface area contributed by atoms with Crippen LogP contribution in [0, 0.1) is 0 Å². The Morgan fingerprint density at radius 2 is 2.00 bits per heavy atom. The molecule has 0 spiro atoms. The smallest absolute Gasteiger partial charge is 0.224 e. The first kappa shape index (κ1) is 16.9. The van der Waals surface area contributed by atoms with Crippen LogP contribution in [0.25, 0.3) is 11.3 Å². The Bertz CT molecular complexity index is 832. The number of halogens is 2. The molecule has 0 aliphatic heterocycles. The molecule has 1 aromatic carbocycles. The lowest BCUT2D eigenvalue weighted by Gasteiger charge is -2.05. The third kappa shape index (κ3) is 4.54. The van der Waals surface area contributed by atoms with Crippen molar-refractivity contribution in [1.82, 2.24) is 9.97 Å². The fourth-order valence-electron chi connectivity index (χ4n) is 2.14. The first-order valence-electron chi connectivity index (χ1n) is 7.21. The number of hydrogen-bond donors (Lipinski definition) is 1. The molecule has 0 atom stereocenters. The number of aromatic nitrogens is 2. The topological polar surface area (TPSA) is 54.9 Å². The van der Waals surface area contributed by atoms with Gasteiger partial charge in [0.15, 0.2) is 0 Å². The molecule has 1 N–H and O–H groups in total. The molecule has 2 heterocycles. The molecular weight excluding hydrogens is 365 g/mol. The summed E-state index contributed by atoms with van der Waals surface area (Å²) in [6, 6.07) is 8.78. The number of thiazole rings is 1. The van der Waals surface area contributed by atoms with E-state index in [1.807, 2.05) is 17.5 Å². The number of nitrogens with one attached hydrogen (secondary N) is 1. The molecular formula is C17H13Cl2N3OS. The fraction of sp³-hybridized carbons (Fsp3) is 0.118. The summed E-state index contributed by atoms with van der Waals surface area (Å²) in [5.74, 6) is -0.105. The fourth-order valence-corrected chi connectivity index (χ4v) is 3.48. The second-order valence-electron chi connectivity index (χ2n) is 5.07. The lowest BCUT2D eigenvalue weighted by Crippen LogP contribution is -2.12. The summed E-state index contributed by atoms with van der Waals surface area (Å²) < 4.78 is 0. The quantitative estimate of drug-likeness (QED) is 0.673. The van der Waals surface area contributed by atoms with Crippen LogP contribution >= 0.6 is 34.5 Å². The van der Waals surface area contributed by atoms with Crippen molar-refractivity contribution in [2.24, 2.45) is 0 Å². The maximum absolute atomic E-state index is 12.1. The molecule has 7 heteroatoms. The molecule has 0 unspecified atom stereocenters. The van der Waals surface area contributed by atoms with E-state index in [2.05, 4.69) is 15.3 Å². The minimum absolute atomic E-state index is 0.105. The highest BCUT2D eigenvalue weighted by molar-refractivity contribution is 7.09. The van der Waals surface area contributed by atoms with E-state index in [-0.39, 0.29) is 5.91 Å². The summed E-state index contributed by atoms with van der Waals surface area (Å²) in [5, 5.41) is 6.64. The van der Waals surface area contributed by atoms with Crippen molar-refractivity contribution in [1.29, 1.82) is 0 Å². The molecule has 4 nitrogen and oxygen atoms in total. The monoisotopic (exact) mass is 377 g/mol. The predicted molar refractivity (Wildman–Crippen MR) is 98.8 cm³/mol. The van der Waals surface area contributed by atoms with Crippen molar-refractivity contribution in [3.63, 3.8) is 0 Å².